The minimum Gasteiger partial charge on any atom is -0.392 e. The van der Waals surface area contributed by atoms with E-state index in [2.05, 4.69) is 26.9 Å². The van der Waals surface area contributed by atoms with Gasteiger partial charge in [-0.15, -0.1) is 0 Å². The van der Waals surface area contributed by atoms with Crippen LogP contribution in [0.2, 0.25) is 0 Å². The fourth-order valence-corrected chi connectivity index (χ4v) is 2.97. The summed E-state index contributed by atoms with van der Waals surface area (Å²) in [4.78, 5) is 2.37. The molecule has 1 fully saturated rings. The van der Waals surface area contributed by atoms with Gasteiger partial charge in [-0.2, -0.15) is 0 Å². The van der Waals surface area contributed by atoms with Crippen molar-refractivity contribution in [1.29, 1.82) is 0 Å². The molecule has 100 valence electrons. The number of halogens is 1. The first-order valence-corrected chi connectivity index (χ1v) is 7.17. The summed E-state index contributed by atoms with van der Waals surface area (Å²) in [6.45, 7) is 3.04. The van der Waals surface area contributed by atoms with E-state index >= 15 is 0 Å². The molecule has 0 aliphatic carbocycles. The number of piperidine rings is 1. The van der Waals surface area contributed by atoms with Gasteiger partial charge in [-0.1, -0.05) is 15.9 Å². The largest absolute Gasteiger partial charge is 0.392 e. The maximum Gasteiger partial charge on any atom is 0.0702 e. The van der Waals surface area contributed by atoms with Gasteiger partial charge in [0.05, 0.1) is 6.61 Å². The lowest BCUT2D eigenvalue weighted by atomic mass is 9.97. The second-order valence-corrected chi connectivity index (χ2v) is 5.73. The molecule has 0 saturated carbocycles. The third kappa shape index (κ3) is 3.25. The van der Waals surface area contributed by atoms with Crippen LogP contribution in [-0.4, -0.2) is 31.9 Å². The molecule has 0 aromatic heterocycles. The first-order chi connectivity index (χ1) is 8.74. The highest BCUT2D eigenvalue weighted by Crippen LogP contribution is 2.28. The van der Waals surface area contributed by atoms with Gasteiger partial charge in [0.1, 0.15) is 0 Å². The minimum absolute atomic E-state index is 0.0901. The van der Waals surface area contributed by atoms with Crippen LogP contribution in [0.15, 0.2) is 22.7 Å². The molecule has 0 amide bonds. The van der Waals surface area contributed by atoms with E-state index in [-0.39, 0.29) is 6.61 Å². The summed E-state index contributed by atoms with van der Waals surface area (Å²) in [6.07, 6.45) is 2.32. The highest BCUT2D eigenvalue weighted by molar-refractivity contribution is 9.10. The van der Waals surface area contributed by atoms with E-state index in [0.717, 1.165) is 48.3 Å². The summed E-state index contributed by atoms with van der Waals surface area (Å²) in [5, 5.41) is 9.44. The second-order valence-electron chi connectivity index (χ2n) is 4.82. The number of methoxy groups -OCH3 is 1. The first-order valence-electron chi connectivity index (χ1n) is 6.37. The van der Waals surface area contributed by atoms with E-state index in [0.29, 0.717) is 5.92 Å². The zero-order valence-corrected chi connectivity index (χ0v) is 12.3. The van der Waals surface area contributed by atoms with Crippen molar-refractivity contribution in [1.82, 2.24) is 0 Å². The summed E-state index contributed by atoms with van der Waals surface area (Å²) in [7, 11) is 1.77. The number of anilines is 1. The molecule has 0 atom stereocenters. The van der Waals surface area contributed by atoms with Crippen LogP contribution in [0.5, 0.6) is 0 Å². The van der Waals surface area contributed by atoms with Gasteiger partial charge in [-0.25, -0.2) is 0 Å². The Hall–Kier alpha value is -0.580. The van der Waals surface area contributed by atoms with Gasteiger partial charge in [-0.05, 0) is 37.0 Å². The molecule has 1 saturated heterocycles. The third-order valence-corrected chi connectivity index (χ3v) is 4.06. The summed E-state index contributed by atoms with van der Waals surface area (Å²) in [5.41, 5.74) is 2.16. The van der Waals surface area contributed by atoms with Gasteiger partial charge in [-0.3, -0.25) is 0 Å². The quantitative estimate of drug-likeness (QED) is 0.927. The van der Waals surface area contributed by atoms with E-state index < -0.39 is 0 Å². The Morgan fingerprint density at radius 3 is 2.72 bits per heavy atom. The van der Waals surface area contributed by atoms with Crippen LogP contribution in [-0.2, 0) is 11.3 Å². The molecular formula is C14H20BrNO2. The number of aliphatic hydroxyl groups is 1. The minimum atomic E-state index is 0.0901. The lowest BCUT2D eigenvalue weighted by molar-refractivity contribution is 0.139. The molecular weight excluding hydrogens is 294 g/mol. The number of rotatable bonds is 4. The van der Waals surface area contributed by atoms with Gasteiger partial charge >= 0.3 is 0 Å². The predicted molar refractivity (Wildman–Crippen MR) is 76.9 cm³/mol. The molecule has 1 heterocycles. The van der Waals surface area contributed by atoms with Gasteiger partial charge in [0.2, 0.25) is 0 Å². The molecule has 0 spiro atoms. The smallest absolute Gasteiger partial charge is 0.0702 e. The number of benzene rings is 1. The van der Waals surface area contributed by atoms with Crippen molar-refractivity contribution in [3.8, 4) is 0 Å². The van der Waals surface area contributed by atoms with Crippen LogP contribution in [0.3, 0.4) is 0 Å². The number of hydrogen-bond donors (Lipinski definition) is 1. The maximum absolute atomic E-state index is 9.44. The molecule has 1 aromatic carbocycles. The van der Waals surface area contributed by atoms with Crippen LogP contribution in [0.25, 0.3) is 0 Å². The van der Waals surface area contributed by atoms with Crippen LogP contribution in [0.4, 0.5) is 5.69 Å². The SMILES string of the molecule is COCC1CCN(c2ccc(Br)cc2CO)CC1. The van der Waals surface area contributed by atoms with Gasteiger partial charge in [0, 0.05) is 42.5 Å². The Labute approximate surface area is 117 Å². The molecule has 0 bridgehead atoms. The van der Waals surface area contributed by atoms with Gasteiger partial charge < -0.3 is 14.7 Å². The summed E-state index contributed by atoms with van der Waals surface area (Å²) < 4.78 is 6.24. The molecule has 1 N–H and O–H groups in total. The number of nitrogens with zero attached hydrogens (tertiary/aromatic N) is 1. The lowest BCUT2D eigenvalue weighted by Crippen LogP contribution is -2.35. The fraction of sp³-hybridized carbons (Fsp3) is 0.571. The zero-order valence-electron chi connectivity index (χ0n) is 10.7. The maximum atomic E-state index is 9.44. The summed E-state index contributed by atoms with van der Waals surface area (Å²) in [6, 6.07) is 6.12. The van der Waals surface area contributed by atoms with Crippen molar-refractivity contribution in [3.05, 3.63) is 28.2 Å². The lowest BCUT2D eigenvalue weighted by Gasteiger charge is -2.34. The van der Waals surface area contributed by atoms with Crippen molar-refractivity contribution in [2.24, 2.45) is 5.92 Å². The molecule has 4 heteroatoms. The average Bonchev–Trinajstić information content (AvgIpc) is 2.40. The molecule has 1 aliphatic heterocycles. The Kier molecular flexibility index (Phi) is 5.03. The van der Waals surface area contributed by atoms with Gasteiger partial charge in [0.25, 0.3) is 0 Å². The second kappa shape index (κ2) is 6.55. The summed E-state index contributed by atoms with van der Waals surface area (Å²) >= 11 is 3.45. The molecule has 1 aliphatic rings. The van der Waals surface area contributed by atoms with Crippen LogP contribution < -0.4 is 4.90 Å². The first kappa shape index (κ1) is 13.8. The molecule has 0 radical (unpaired) electrons. The topological polar surface area (TPSA) is 32.7 Å². The van der Waals surface area contributed by atoms with E-state index in [1.54, 1.807) is 7.11 Å². The number of aliphatic hydroxyl groups excluding tert-OH is 1. The highest BCUT2D eigenvalue weighted by Gasteiger charge is 2.20. The number of ether oxygens (including phenoxy) is 1. The Balaban J connectivity index is 2.05. The highest BCUT2D eigenvalue weighted by atomic mass is 79.9. The molecule has 2 rings (SSSR count). The van der Waals surface area contributed by atoms with E-state index in [9.17, 15) is 5.11 Å². The number of hydrogen-bond acceptors (Lipinski definition) is 3. The van der Waals surface area contributed by atoms with E-state index in [1.807, 2.05) is 12.1 Å². The van der Waals surface area contributed by atoms with Gasteiger partial charge in [0.15, 0.2) is 0 Å². The van der Waals surface area contributed by atoms with Crippen molar-refractivity contribution < 1.29 is 9.84 Å². The molecule has 0 unspecified atom stereocenters. The van der Waals surface area contributed by atoms with Crippen molar-refractivity contribution in [2.75, 3.05) is 31.7 Å². The van der Waals surface area contributed by atoms with Crippen LogP contribution >= 0.6 is 15.9 Å². The molecule has 18 heavy (non-hydrogen) atoms. The van der Waals surface area contributed by atoms with Crippen LogP contribution in [0, 0.1) is 5.92 Å². The average molecular weight is 314 g/mol. The normalized spacial score (nSPS) is 17.2. The van der Waals surface area contributed by atoms with E-state index in [4.69, 9.17) is 4.74 Å². The van der Waals surface area contributed by atoms with Crippen molar-refractivity contribution >= 4 is 21.6 Å². The fourth-order valence-electron chi connectivity index (χ4n) is 2.57. The predicted octanol–water partition coefficient (Wildman–Crippen LogP) is 2.80. The van der Waals surface area contributed by atoms with Crippen molar-refractivity contribution in [2.45, 2.75) is 19.4 Å². The zero-order chi connectivity index (χ0) is 13.0. The third-order valence-electron chi connectivity index (χ3n) is 3.57. The monoisotopic (exact) mass is 313 g/mol. The van der Waals surface area contributed by atoms with Crippen LogP contribution in [0.1, 0.15) is 18.4 Å². The summed E-state index contributed by atoms with van der Waals surface area (Å²) in [5.74, 6) is 0.680. The Bertz CT molecular complexity index is 389. The standard InChI is InChI=1S/C14H20BrNO2/c1-18-10-11-4-6-16(7-5-11)14-3-2-13(15)8-12(14)9-17/h2-3,8,11,17H,4-7,9-10H2,1H3. The Morgan fingerprint density at radius 1 is 1.39 bits per heavy atom. The molecule has 1 aromatic rings. The Morgan fingerprint density at radius 2 is 2.11 bits per heavy atom. The molecule has 3 nitrogen and oxygen atoms in total. The van der Waals surface area contributed by atoms with Crippen molar-refractivity contribution in [3.63, 3.8) is 0 Å². The van der Waals surface area contributed by atoms with E-state index in [1.165, 1.54) is 0 Å².